The van der Waals surface area contributed by atoms with Gasteiger partial charge < -0.3 is 4.74 Å². The van der Waals surface area contributed by atoms with Crippen LogP contribution in [0.3, 0.4) is 0 Å². The predicted molar refractivity (Wildman–Crippen MR) is 33.2 cm³/mol. The minimum atomic E-state index is 0.579. The molecule has 1 radical (unpaired) electrons. The molecule has 1 saturated carbocycles. The zero-order valence-electron chi connectivity index (χ0n) is 5.55. The Bertz CT molecular complexity index is 62.8. The van der Waals surface area contributed by atoms with Gasteiger partial charge in [-0.1, -0.05) is 13.8 Å². The monoisotopic (exact) mass is 113 g/mol. The fraction of sp³-hybridized carbons (Fsp3) is 0.857. The van der Waals surface area contributed by atoms with Crippen molar-refractivity contribution in [3.8, 4) is 0 Å². The molecular weight excluding hydrogens is 100 g/mol. The number of hydrogen-bond acceptors (Lipinski definition) is 1. The average molecular weight is 113 g/mol. The number of rotatable bonds is 3. The molecule has 0 amide bonds. The smallest absolute Gasteiger partial charge is 0.0865 e. The van der Waals surface area contributed by atoms with E-state index in [4.69, 9.17) is 4.74 Å². The van der Waals surface area contributed by atoms with E-state index in [1.807, 2.05) is 6.61 Å². The first-order chi connectivity index (χ1) is 3.79. The molecule has 0 aromatic carbocycles. The quantitative estimate of drug-likeness (QED) is 0.543. The largest absolute Gasteiger partial charge is 0.372 e. The molecule has 0 aliphatic heterocycles. The highest BCUT2D eigenvalue weighted by Gasteiger charge is 2.21. The lowest BCUT2D eigenvalue weighted by atomic mass is 10.2. The van der Waals surface area contributed by atoms with Crippen molar-refractivity contribution in [2.24, 2.45) is 5.92 Å². The molecule has 0 atom stereocenters. The highest BCUT2D eigenvalue weighted by atomic mass is 16.5. The van der Waals surface area contributed by atoms with Gasteiger partial charge >= 0.3 is 0 Å². The van der Waals surface area contributed by atoms with Gasteiger partial charge in [-0.15, -0.1) is 0 Å². The lowest BCUT2D eigenvalue weighted by Crippen LogP contribution is -1.95. The SMILES string of the molecule is CC(C)[CH]OC1CC1. The molecule has 0 spiro atoms. The molecule has 0 unspecified atom stereocenters. The third-order valence-corrected chi connectivity index (χ3v) is 1.07. The van der Waals surface area contributed by atoms with Crippen molar-refractivity contribution in [1.82, 2.24) is 0 Å². The van der Waals surface area contributed by atoms with Crippen LogP contribution in [-0.2, 0) is 4.74 Å². The topological polar surface area (TPSA) is 9.23 Å². The van der Waals surface area contributed by atoms with E-state index >= 15 is 0 Å². The van der Waals surface area contributed by atoms with Crippen molar-refractivity contribution < 1.29 is 4.74 Å². The summed E-state index contributed by atoms with van der Waals surface area (Å²) < 4.78 is 5.29. The Labute approximate surface area is 51.0 Å². The van der Waals surface area contributed by atoms with E-state index in [1.165, 1.54) is 12.8 Å². The second-order valence-corrected chi connectivity index (χ2v) is 2.72. The summed E-state index contributed by atoms with van der Waals surface area (Å²) in [6.07, 6.45) is 3.12. The Hall–Kier alpha value is -0.0400. The van der Waals surface area contributed by atoms with E-state index in [2.05, 4.69) is 13.8 Å². The first kappa shape index (κ1) is 6.09. The Kier molecular flexibility index (Phi) is 1.90. The van der Waals surface area contributed by atoms with Gasteiger partial charge in [-0.05, 0) is 18.8 Å². The average Bonchev–Trinajstić information content (AvgIpc) is 2.41. The Morgan fingerprint density at radius 1 is 1.50 bits per heavy atom. The van der Waals surface area contributed by atoms with Crippen LogP contribution >= 0.6 is 0 Å². The summed E-state index contributed by atoms with van der Waals surface area (Å²) >= 11 is 0. The van der Waals surface area contributed by atoms with Gasteiger partial charge in [0.2, 0.25) is 0 Å². The Balaban J connectivity index is 1.87. The van der Waals surface area contributed by atoms with Crippen molar-refractivity contribution in [1.29, 1.82) is 0 Å². The fourth-order valence-corrected chi connectivity index (χ4v) is 0.472. The molecule has 8 heavy (non-hydrogen) atoms. The summed E-state index contributed by atoms with van der Waals surface area (Å²) in [6.45, 7) is 6.18. The molecule has 0 heterocycles. The third-order valence-electron chi connectivity index (χ3n) is 1.07. The second kappa shape index (κ2) is 2.49. The van der Waals surface area contributed by atoms with Crippen LogP contribution in [0.2, 0.25) is 0 Å². The molecule has 1 heteroatoms. The first-order valence-corrected chi connectivity index (χ1v) is 3.28. The summed E-state index contributed by atoms with van der Waals surface area (Å²) in [6, 6.07) is 0. The maximum atomic E-state index is 5.29. The molecule has 1 nitrogen and oxygen atoms in total. The van der Waals surface area contributed by atoms with Crippen LogP contribution in [0.15, 0.2) is 0 Å². The molecule has 0 saturated heterocycles. The van der Waals surface area contributed by atoms with Gasteiger partial charge in [-0.3, -0.25) is 0 Å². The molecule has 0 aromatic heterocycles. The third kappa shape index (κ3) is 2.31. The predicted octanol–water partition coefficient (Wildman–Crippen LogP) is 1.98. The zero-order chi connectivity index (χ0) is 5.98. The summed E-state index contributed by atoms with van der Waals surface area (Å²) in [5.74, 6) is 0.579. The Morgan fingerprint density at radius 3 is 2.50 bits per heavy atom. The van der Waals surface area contributed by atoms with Crippen molar-refractivity contribution in [2.45, 2.75) is 32.8 Å². The second-order valence-electron chi connectivity index (χ2n) is 2.72. The van der Waals surface area contributed by atoms with Crippen molar-refractivity contribution in [3.05, 3.63) is 6.61 Å². The zero-order valence-corrected chi connectivity index (χ0v) is 5.55. The lowest BCUT2D eigenvalue weighted by Gasteiger charge is -2.01. The summed E-state index contributed by atoms with van der Waals surface area (Å²) in [4.78, 5) is 0. The summed E-state index contributed by atoms with van der Waals surface area (Å²) in [5, 5.41) is 0. The van der Waals surface area contributed by atoms with E-state index in [9.17, 15) is 0 Å². The van der Waals surface area contributed by atoms with Gasteiger partial charge in [-0.25, -0.2) is 0 Å². The first-order valence-electron chi connectivity index (χ1n) is 3.28. The van der Waals surface area contributed by atoms with Gasteiger partial charge in [0.05, 0.1) is 12.7 Å². The van der Waals surface area contributed by atoms with Crippen LogP contribution in [0, 0.1) is 12.5 Å². The fourth-order valence-electron chi connectivity index (χ4n) is 0.472. The van der Waals surface area contributed by atoms with Crippen LogP contribution in [0.5, 0.6) is 0 Å². The minimum absolute atomic E-state index is 0.579. The van der Waals surface area contributed by atoms with Gasteiger partial charge in [-0.2, -0.15) is 0 Å². The molecule has 47 valence electrons. The minimum Gasteiger partial charge on any atom is -0.372 e. The van der Waals surface area contributed by atoms with Crippen molar-refractivity contribution in [2.75, 3.05) is 0 Å². The normalized spacial score (nSPS) is 19.9. The number of hydrogen-bond donors (Lipinski definition) is 0. The van der Waals surface area contributed by atoms with E-state index in [0.717, 1.165) is 0 Å². The highest BCUT2D eigenvalue weighted by molar-refractivity contribution is 4.75. The molecule has 1 rings (SSSR count). The molecular formula is C7H13O. The summed E-state index contributed by atoms with van der Waals surface area (Å²) in [5.41, 5.74) is 0. The van der Waals surface area contributed by atoms with Crippen molar-refractivity contribution in [3.63, 3.8) is 0 Å². The maximum absolute atomic E-state index is 5.29. The van der Waals surface area contributed by atoms with Crippen molar-refractivity contribution >= 4 is 0 Å². The van der Waals surface area contributed by atoms with Gasteiger partial charge in [0, 0.05) is 0 Å². The van der Waals surface area contributed by atoms with E-state index in [0.29, 0.717) is 12.0 Å². The maximum Gasteiger partial charge on any atom is 0.0865 e. The Morgan fingerprint density at radius 2 is 2.12 bits per heavy atom. The van der Waals surface area contributed by atoms with Gasteiger partial charge in [0.25, 0.3) is 0 Å². The van der Waals surface area contributed by atoms with Crippen LogP contribution in [0.1, 0.15) is 26.7 Å². The van der Waals surface area contributed by atoms with Gasteiger partial charge in [0.1, 0.15) is 0 Å². The van der Waals surface area contributed by atoms with Crippen LogP contribution in [0.25, 0.3) is 0 Å². The molecule has 0 bridgehead atoms. The molecule has 0 aromatic rings. The van der Waals surface area contributed by atoms with Gasteiger partial charge in [0.15, 0.2) is 0 Å². The van der Waals surface area contributed by atoms with E-state index < -0.39 is 0 Å². The summed E-state index contributed by atoms with van der Waals surface area (Å²) in [7, 11) is 0. The van der Waals surface area contributed by atoms with E-state index in [-0.39, 0.29) is 0 Å². The van der Waals surface area contributed by atoms with Crippen LogP contribution in [-0.4, -0.2) is 6.10 Å². The molecule has 1 aliphatic carbocycles. The molecule has 1 fully saturated rings. The van der Waals surface area contributed by atoms with E-state index in [1.54, 1.807) is 0 Å². The van der Waals surface area contributed by atoms with Crippen LogP contribution in [0.4, 0.5) is 0 Å². The number of ether oxygens (including phenoxy) is 1. The van der Waals surface area contributed by atoms with Crippen LogP contribution < -0.4 is 0 Å². The highest BCUT2D eigenvalue weighted by Crippen LogP contribution is 2.25. The lowest BCUT2D eigenvalue weighted by molar-refractivity contribution is 0.159. The molecule has 0 N–H and O–H groups in total. The standard InChI is InChI=1S/C7H13O/c1-6(2)5-8-7-3-4-7/h5-7H,3-4H2,1-2H3. The molecule has 1 aliphatic rings.